The molecule has 128 valence electrons. The molecule has 0 saturated heterocycles. The molecule has 6 nitrogen and oxygen atoms in total. The molecule has 0 unspecified atom stereocenters. The lowest BCUT2D eigenvalue weighted by molar-refractivity contribution is -0.126. The quantitative estimate of drug-likeness (QED) is 0.691. The van der Waals surface area contributed by atoms with Crippen LogP contribution in [0.4, 0.5) is 0 Å². The van der Waals surface area contributed by atoms with Gasteiger partial charge in [0.25, 0.3) is 0 Å². The molecule has 2 N–H and O–H groups in total. The minimum atomic E-state index is -0.254. The Kier molecular flexibility index (Phi) is 6.89. The molecule has 2 amide bonds. The fourth-order valence-electron chi connectivity index (χ4n) is 1.99. The van der Waals surface area contributed by atoms with Gasteiger partial charge in [0.1, 0.15) is 11.5 Å². The van der Waals surface area contributed by atoms with Gasteiger partial charge in [0.15, 0.2) is 0 Å². The lowest BCUT2D eigenvalue weighted by atomic mass is 10.2. The van der Waals surface area contributed by atoms with Crippen LogP contribution in [0.5, 0.6) is 5.75 Å². The summed E-state index contributed by atoms with van der Waals surface area (Å²) in [4.78, 5) is 23.3. The van der Waals surface area contributed by atoms with Crippen molar-refractivity contribution in [3.63, 3.8) is 0 Å². The predicted octanol–water partition coefficient (Wildman–Crippen LogP) is 2.18. The Labute approximate surface area is 141 Å². The van der Waals surface area contributed by atoms with E-state index < -0.39 is 0 Å². The predicted molar refractivity (Wildman–Crippen MR) is 89.5 cm³/mol. The topological polar surface area (TPSA) is 80.6 Å². The highest BCUT2D eigenvalue weighted by molar-refractivity contribution is 5.84. The number of benzene rings is 1. The Balaban J connectivity index is 1.53. The summed E-state index contributed by atoms with van der Waals surface area (Å²) < 4.78 is 10.6. The van der Waals surface area contributed by atoms with E-state index in [-0.39, 0.29) is 18.4 Å². The number of carbonyl (C=O) groups excluding carboxylic acids is 2. The Morgan fingerprint density at radius 2 is 1.88 bits per heavy atom. The maximum Gasteiger partial charge on any atom is 0.239 e. The molecule has 0 atom stereocenters. The smallest absolute Gasteiger partial charge is 0.239 e. The van der Waals surface area contributed by atoms with Crippen LogP contribution in [0, 0.1) is 6.92 Å². The first-order valence-corrected chi connectivity index (χ1v) is 7.89. The zero-order valence-electron chi connectivity index (χ0n) is 13.7. The maximum atomic E-state index is 11.7. The van der Waals surface area contributed by atoms with Crippen LogP contribution in [-0.4, -0.2) is 25.0 Å². The number of amides is 2. The number of furan rings is 1. The van der Waals surface area contributed by atoms with Gasteiger partial charge in [-0.15, -0.1) is 0 Å². The first-order chi connectivity index (χ1) is 11.6. The lowest BCUT2D eigenvalue weighted by Gasteiger charge is -2.07. The van der Waals surface area contributed by atoms with Crippen molar-refractivity contribution >= 4 is 11.8 Å². The van der Waals surface area contributed by atoms with Gasteiger partial charge in [-0.3, -0.25) is 9.59 Å². The summed E-state index contributed by atoms with van der Waals surface area (Å²) in [5.41, 5.74) is 1.17. The largest absolute Gasteiger partial charge is 0.494 e. The van der Waals surface area contributed by atoms with Crippen LogP contribution >= 0.6 is 0 Å². The molecule has 0 bridgehead atoms. The molecular formula is C18H22N2O4. The number of nitrogens with one attached hydrogen (secondary N) is 2. The summed E-state index contributed by atoms with van der Waals surface area (Å²) in [6.45, 7) is 2.74. The van der Waals surface area contributed by atoms with Gasteiger partial charge in [0.05, 0.1) is 26.0 Å². The van der Waals surface area contributed by atoms with E-state index in [0.717, 1.165) is 5.75 Å². The molecule has 0 aliphatic heterocycles. The minimum absolute atomic E-state index is 0.0433. The molecule has 6 heteroatoms. The lowest BCUT2D eigenvalue weighted by Crippen LogP contribution is -2.36. The van der Waals surface area contributed by atoms with Crippen molar-refractivity contribution in [2.24, 2.45) is 0 Å². The summed E-state index contributed by atoms with van der Waals surface area (Å²) in [5.74, 6) is 1.03. The molecule has 0 spiro atoms. The van der Waals surface area contributed by atoms with Crippen molar-refractivity contribution in [1.82, 2.24) is 10.6 Å². The SMILES string of the molecule is Cc1ccc(OCCCC(=O)NCC(=O)NCc2ccco2)cc1. The Bertz CT molecular complexity index is 636. The molecule has 2 rings (SSSR count). The molecule has 0 saturated carbocycles. The van der Waals surface area contributed by atoms with Crippen molar-refractivity contribution in [3.05, 3.63) is 54.0 Å². The summed E-state index contributed by atoms with van der Waals surface area (Å²) in [7, 11) is 0. The van der Waals surface area contributed by atoms with E-state index in [0.29, 0.717) is 31.8 Å². The fraction of sp³-hybridized carbons (Fsp3) is 0.333. The summed E-state index contributed by atoms with van der Waals surface area (Å²) >= 11 is 0. The molecular weight excluding hydrogens is 308 g/mol. The molecule has 1 aromatic carbocycles. The molecule has 0 aliphatic carbocycles. The zero-order valence-corrected chi connectivity index (χ0v) is 13.7. The van der Waals surface area contributed by atoms with Gasteiger partial charge >= 0.3 is 0 Å². The highest BCUT2D eigenvalue weighted by Gasteiger charge is 2.06. The third-order valence-electron chi connectivity index (χ3n) is 3.32. The van der Waals surface area contributed by atoms with Crippen LogP contribution in [0.2, 0.25) is 0 Å². The van der Waals surface area contributed by atoms with Gasteiger partial charge in [-0.1, -0.05) is 17.7 Å². The van der Waals surface area contributed by atoms with Crippen molar-refractivity contribution in [3.8, 4) is 5.75 Å². The van der Waals surface area contributed by atoms with Crippen LogP contribution in [0.1, 0.15) is 24.2 Å². The van der Waals surface area contributed by atoms with E-state index in [2.05, 4.69) is 10.6 Å². The third-order valence-corrected chi connectivity index (χ3v) is 3.32. The summed E-state index contributed by atoms with van der Waals surface area (Å²) in [5, 5.41) is 5.24. The second-order valence-electron chi connectivity index (χ2n) is 5.40. The normalized spacial score (nSPS) is 10.2. The van der Waals surface area contributed by atoms with Crippen molar-refractivity contribution < 1.29 is 18.7 Å². The number of hydrogen-bond acceptors (Lipinski definition) is 4. The highest BCUT2D eigenvalue weighted by Crippen LogP contribution is 2.11. The second-order valence-corrected chi connectivity index (χ2v) is 5.40. The van der Waals surface area contributed by atoms with E-state index >= 15 is 0 Å². The Morgan fingerprint density at radius 3 is 2.58 bits per heavy atom. The molecule has 1 heterocycles. The van der Waals surface area contributed by atoms with Crippen molar-refractivity contribution in [2.45, 2.75) is 26.3 Å². The Hall–Kier alpha value is -2.76. The van der Waals surface area contributed by atoms with E-state index in [1.807, 2.05) is 31.2 Å². The van der Waals surface area contributed by atoms with Gasteiger partial charge < -0.3 is 19.8 Å². The van der Waals surface area contributed by atoms with Crippen LogP contribution in [0.25, 0.3) is 0 Å². The van der Waals surface area contributed by atoms with Gasteiger partial charge in [0.2, 0.25) is 11.8 Å². The number of hydrogen-bond donors (Lipinski definition) is 2. The van der Waals surface area contributed by atoms with Gasteiger partial charge in [-0.25, -0.2) is 0 Å². The van der Waals surface area contributed by atoms with Gasteiger partial charge in [-0.2, -0.15) is 0 Å². The van der Waals surface area contributed by atoms with Crippen molar-refractivity contribution in [1.29, 1.82) is 0 Å². The molecule has 0 fully saturated rings. The number of rotatable bonds is 9. The summed E-state index contributed by atoms with van der Waals surface area (Å²) in [6, 6.07) is 11.3. The molecule has 2 aromatic rings. The average molecular weight is 330 g/mol. The first kappa shape index (κ1) is 17.6. The minimum Gasteiger partial charge on any atom is -0.494 e. The fourth-order valence-corrected chi connectivity index (χ4v) is 1.99. The zero-order chi connectivity index (χ0) is 17.2. The van der Waals surface area contributed by atoms with E-state index in [1.54, 1.807) is 18.4 Å². The van der Waals surface area contributed by atoms with E-state index in [1.165, 1.54) is 5.56 Å². The monoisotopic (exact) mass is 330 g/mol. The highest BCUT2D eigenvalue weighted by atomic mass is 16.5. The third kappa shape index (κ3) is 6.56. The van der Waals surface area contributed by atoms with Gasteiger partial charge in [-0.05, 0) is 37.6 Å². The second kappa shape index (κ2) is 9.39. The average Bonchev–Trinajstić information content (AvgIpc) is 3.10. The Morgan fingerprint density at radius 1 is 1.08 bits per heavy atom. The maximum absolute atomic E-state index is 11.7. The molecule has 0 radical (unpaired) electrons. The molecule has 0 aliphatic rings. The van der Waals surface area contributed by atoms with Gasteiger partial charge in [0, 0.05) is 6.42 Å². The van der Waals surface area contributed by atoms with Crippen LogP contribution in [-0.2, 0) is 16.1 Å². The summed E-state index contributed by atoms with van der Waals surface area (Å²) in [6.07, 6.45) is 2.45. The molecule has 24 heavy (non-hydrogen) atoms. The van der Waals surface area contributed by atoms with Crippen LogP contribution in [0.3, 0.4) is 0 Å². The number of carbonyl (C=O) groups is 2. The first-order valence-electron chi connectivity index (χ1n) is 7.89. The van der Waals surface area contributed by atoms with Crippen LogP contribution < -0.4 is 15.4 Å². The van der Waals surface area contributed by atoms with E-state index in [4.69, 9.17) is 9.15 Å². The van der Waals surface area contributed by atoms with E-state index in [9.17, 15) is 9.59 Å². The molecule has 1 aromatic heterocycles. The standard InChI is InChI=1S/C18H22N2O4/c1-14-6-8-15(9-7-14)23-11-3-5-17(21)20-13-18(22)19-12-16-4-2-10-24-16/h2,4,6-10H,3,5,11-13H2,1H3,(H,19,22)(H,20,21). The number of ether oxygens (including phenoxy) is 1. The van der Waals surface area contributed by atoms with Crippen LogP contribution in [0.15, 0.2) is 47.1 Å². The number of aryl methyl sites for hydroxylation is 1. The van der Waals surface area contributed by atoms with Crippen molar-refractivity contribution in [2.75, 3.05) is 13.2 Å².